The predicted molar refractivity (Wildman–Crippen MR) is 44.3 cm³/mol. The van der Waals surface area contributed by atoms with Crippen molar-refractivity contribution in [3.05, 3.63) is 11.8 Å². The van der Waals surface area contributed by atoms with Crippen LogP contribution < -0.4 is 0 Å². The van der Waals surface area contributed by atoms with E-state index in [1.54, 1.807) is 6.92 Å². The van der Waals surface area contributed by atoms with Gasteiger partial charge in [0, 0.05) is 5.92 Å². The van der Waals surface area contributed by atoms with Crippen LogP contribution in [0.1, 0.15) is 43.3 Å². The quantitative estimate of drug-likeness (QED) is 0.664. The van der Waals surface area contributed by atoms with Crippen LogP contribution >= 0.6 is 0 Å². The summed E-state index contributed by atoms with van der Waals surface area (Å²) in [6.07, 6.45) is 0. The second-order valence-electron chi connectivity index (χ2n) is 2.82. The zero-order valence-electron chi connectivity index (χ0n) is 7.90. The van der Waals surface area contributed by atoms with Crippen molar-refractivity contribution in [1.29, 1.82) is 0 Å². The molecule has 0 fully saturated rings. The van der Waals surface area contributed by atoms with E-state index >= 15 is 0 Å². The Morgan fingerprint density at radius 3 is 2.69 bits per heavy atom. The van der Waals surface area contributed by atoms with Gasteiger partial charge in [-0.25, -0.2) is 4.79 Å². The van der Waals surface area contributed by atoms with E-state index in [1.165, 1.54) is 0 Å². The van der Waals surface area contributed by atoms with Gasteiger partial charge < -0.3 is 9.15 Å². The Hall–Kier alpha value is -1.39. The van der Waals surface area contributed by atoms with E-state index in [0.717, 1.165) is 0 Å². The fourth-order valence-electron chi connectivity index (χ4n) is 0.743. The molecule has 1 aromatic heterocycles. The van der Waals surface area contributed by atoms with Crippen molar-refractivity contribution in [3.63, 3.8) is 0 Å². The first-order valence-electron chi connectivity index (χ1n) is 4.15. The highest BCUT2D eigenvalue weighted by Crippen LogP contribution is 2.12. The SMILES string of the molecule is CCOC(=O)c1nnc(C(C)C)o1. The Kier molecular flexibility index (Phi) is 3.00. The van der Waals surface area contributed by atoms with Crippen molar-refractivity contribution in [3.8, 4) is 0 Å². The van der Waals surface area contributed by atoms with Crippen molar-refractivity contribution < 1.29 is 13.9 Å². The number of esters is 1. The third kappa shape index (κ3) is 2.27. The average Bonchev–Trinajstić information content (AvgIpc) is 2.52. The van der Waals surface area contributed by atoms with E-state index in [9.17, 15) is 4.79 Å². The molecule has 0 unspecified atom stereocenters. The third-order valence-electron chi connectivity index (χ3n) is 1.38. The first-order valence-corrected chi connectivity index (χ1v) is 4.15. The zero-order valence-corrected chi connectivity index (χ0v) is 7.90. The zero-order chi connectivity index (χ0) is 9.84. The molecule has 0 aliphatic carbocycles. The van der Waals surface area contributed by atoms with Gasteiger partial charge in [0.2, 0.25) is 5.89 Å². The number of carbonyl (C=O) groups excluding carboxylic acids is 1. The van der Waals surface area contributed by atoms with E-state index in [2.05, 4.69) is 14.9 Å². The highest BCUT2D eigenvalue weighted by molar-refractivity contribution is 5.83. The summed E-state index contributed by atoms with van der Waals surface area (Å²) < 4.78 is 9.75. The number of rotatable bonds is 3. The first kappa shape index (κ1) is 9.70. The van der Waals surface area contributed by atoms with Gasteiger partial charge in [-0.1, -0.05) is 13.8 Å². The largest absolute Gasteiger partial charge is 0.459 e. The minimum Gasteiger partial charge on any atom is -0.459 e. The van der Waals surface area contributed by atoms with E-state index in [0.29, 0.717) is 12.5 Å². The summed E-state index contributed by atoms with van der Waals surface area (Å²) in [7, 11) is 0. The molecule has 0 amide bonds. The van der Waals surface area contributed by atoms with Crippen LogP contribution in [0.3, 0.4) is 0 Å². The Morgan fingerprint density at radius 2 is 2.23 bits per heavy atom. The first-order chi connectivity index (χ1) is 6.15. The molecule has 0 aliphatic rings. The maximum Gasteiger partial charge on any atom is 0.396 e. The fraction of sp³-hybridized carbons (Fsp3) is 0.625. The molecule has 0 saturated heterocycles. The van der Waals surface area contributed by atoms with Crippen LogP contribution in [0.25, 0.3) is 0 Å². The second-order valence-corrected chi connectivity index (χ2v) is 2.82. The lowest BCUT2D eigenvalue weighted by molar-refractivity contribution is 0.0478. The van der Waals surface area contributed by atoms with Gasteiger partial charge in [0.15, 0.2) is 0 Å². The maximum absolute atomic E-state index is 11.1. The highest BCUT2D eigenvalue weighted by atomic mass is 16.5. The molecular formula is C8H12N2O3. The second kappa shape index (κ2) is 4.02. The number of aromatic nitrogens is 2. The molecule has 0 saturated carbocycles. The number of hydrogen-bond donors (Lipinski definition) is 0. The Bertz CT molecular complexity index is 293. The fourth-order valence-corrected chi connectivity index (χ4v) is 0.743. The van der Waals surface area contributed by atoms with E-state index < -0.39 is 5.97 Å². The highest BCUT2D eigenvalue weighted by Gasteiger charge is 2.16. The standard InChI is InChI=1S/C8H12N2O3/c1-4-12-8(11)7-10-9-6(13-7)5(2)3/h5H,4H2,1-3H3. The van der Waals surface area contributed by atoms with E-state index in [-0.39, 0.29) is 11.8 Å². The lowest BCUT2D eigenvalue weighted by Gasteiger charge is -1.95. The van der Waals surface area contributed by atoms with Crippen LogP contribution in [0.15, 0.2) is 4.42 Å². The van der Waals surface area contributed by atoms with Gasteiger partial charge in [-0.05, 0) is 6.92 Å². The molecule has 0 aliphatic heterocycles. The van der Waals surface area contributed by atoms with Crippen molar-refractivity contribution >= 4 is 5.97 Å². The summed E-state index contributed by atoms with van der Waals surface area (Å²) in [5.41, 5.74) is 0. The van der Waals surface area contributed by atoms with E-state index in [4.69, 9.17) is 4.42 Å². The van der Waals surface area contributed by atoms with Gasteiger partial charge in [0.1, 0.15) is 0 Å². The van der Waals surface area contributed by atoms with Gasteiger partial charge in [-0.3, -0.25) is 0 Å². The van der Waals surface area contributed by atoms with Gasteiger partial charge in [0.25, 0.3) is 0 Å². The molecule has 72 valence electrons. The summed E-state index contributed by atoms with van der Waals surface area (Å²) in [6, 6.07) is 0. The normalized spacial score (nSPS) is 10.5. The number of nitrogens with zero attached hydrogens (tertiary/aromatic N) is 2. The maximum atomic E-state index is 11.1. The number of ether oxygens (including phenoxy) is 1. The third-order valence-corrected chi connectivity index (χ3v) is 1.38. The minimum absolute atomic E-state index is 0.0782. The summed E-state index contributed by atoms with van der Waals surface area (Å²) in [4.78, 5) is 11.1. The number of carbonyl (C=O) groups is 1. The van der Waals surface area contributed by atoms with Crippen molar-refractivity contribution in [2.24, 2.45) is 0 Å². The van der Waals surface area contributed by atoms with E-state index in [1.807, 2.05) is 13.8 Å². The van der Waals surface area contributed by atoms with Crippen LogP contribution in [0.2, 0.25) is 0 Å². The van der Waals surface area contributed by atoms with Gasteiger partial charge in [-0.2, -0.15) is 0 Å². The number of hydrogen-bond acceptors (Lipinski definition) is 5. The van der Waals surface area contributed by atoms with Crippen molar-refractivity contribution in [2.75, 3.05) is 6.61 Å². The predicted octanol–water partition coefficient (Wildman–Crippen LogP) is 1.37. The topological polar surface area (TPSA) is 65.2 Å². The molecule has 0 radical (unpaired) electrons. The van der Waals surface area contributed by atoms with Crippen LogP contribution in [0.5, 0.6) is 0 Å². The van der Waals surface area contributed by atoms with Crippen LogP contribution in [-0.4, -0.2) is 22.8 Å². The Morgan fingerprint density at radius 1 is 1.54 bits per heavy atom. The molecule has 0 aromatic carbocycles. The molecule has 1 heterocycles. The summed E-state index contributed by atoms with van der Waals surface area (Å²) in [6.45, 7) is 5.83. The van der Waals surface area contributed by atoms with Gasteiger partial charge in [0.05, 0.1) is 6.61 Å². The molecule has 0 spiro atoms. The van der Waals surface area contributed by atoms with Gasteiger partial charge in [-0.15, -0.1) is 10.2 Å². The van der Waals surface area contributed by atoms with Crippen molar-refractivity contribution in [1.82, 2.24) is 10.2 Å². The molecule has 13 heavy (non-hydrogen) atoms. The van der Waals surface area contributed by atoms with Gasteiger partial charge >= 0.3 is 11.9 Å². The molecule has 1 rings (SSSR count). The molecule has 0 N–H and O–H groups in total. The summed E-state index contributed by atoms with van der Waals surface area (Å²) >= 11 is 0. The monoisotopic (exact) mass is 184 g/mol. The molecule has 0 atom stereocenters. The Balaban J connectivity index is 2.73. The molecule has 5 nitrogen and oxygen atoms in total. The summed E-state index contributed by atoms with van der Waals surface area (Å²) in [5.74, 6) is -0.0776. The average molecular weight is 184 g/mol. The molecule has 1 aromatic rings. The molecular weight excluding hydrogens is 172 g/mol. The lowest BCUT2D eigenvalue weighted by atomic mass is 10.2. The smallest absolute Gasteiger partial charge is 0.396 e. The van der Waals surface area contributed by atoms with Crippen LogP contribution in [0.4, 0.5) is 0 Å². The lowest BCUT2D eigenvalue weighted by Crippen LogP contribution is -2.04. The van der Waals surface area contributed by atoms with Crippen molar-refractivity contribution in [2.45, 2.75) is 26.7 Å². The molecule has 5 heteroatoms. The van der Waals surface area contributed by atoms with Crippen LogP contribution in [-0.2, 0) is 4.74 Å². The minimum atomic E-state index is -0.568. The van der Waals surface area contributed by atoms with Crippen LogP contribution in [0, 0.1) is 0 Å². The molecule has 0 bridgehead atoms. The summed E-state index contributed by atoms with van der Waals surface area (Å²) in [5, 5.41) is 7.27. The Labute approximate surface area is 76.1 Å².